The molecule has 1 aromatic heterocycles. The van der Waals surface area contributed by atoms with E-state index in [-0.39, 0.29) is 0 Å². The van der Waals surface area contributed by atoms with Crippen molar-refractivity contribution in [3.05, 3.63) is 11.1 Å². The minimum absolute atomic E-state index is 0.638. The van der Waals surface area contributed by atoms with E-state index in [1.54, 1.807) is 6.20 Å². The van der Waals surface area contributed by atoms with Gasteiger partial charge in [0.25, 0.3) is 0 Å². The molecule has 3 N–H and O–H groups in total. The van der Waals surface area contributed by atoms with Crippen LogP contribution in [0.1, 0.15) is 4.88 Å². The number of aromatic nitrogens is 1. The molecule has 0 saturated carbocycles. The quantitative estimate of drug-likeness (QED) is 0.430. The number of thiocyanates is 1. The van der Waals surface area contributed by atoms with E-state index in [2.05, 4.69) is 10.3 Å². The van der Waals surface area contributed by atoms with Gasteiger partial charge in [0.05, 0.1) is 0 Å². The van der Waals surface area contributed by atoms with Crippen molar-refractivity contribution in [1.82, 2.24) is 10.3 Å². The van der Waals surface area contributed by atoms with Crippen molar-refractivity contribution in [1.29, 1.82) is 5.26 Å². The zero-order valence-electron chi connectivity index (χ0n) is 6.99. The second-order valence-electron chi connectivity index (χ2n) is 2.25. The Labute approximate surface area is 85.2 Å². The molecule has 6 heteroatoms. The highest BCUT2D eigenvalue weighted by atomic mass is 32.2. The topological polar surface area (TPSA) is 74.7 Å². The molecule has 0 aliphatic heterocycles. The zero-order valence-corrected chi connectivity index (χ0v) is 8.62. The smallest absolute Gasteiger partial charge is 0.164 e. The summed E-state index contributed by atoms with van der Waals surface area (Å²) in [6.07, 6.45) is 1.79. The van der Waals surface area contributed by atoms with Crippen molar-refractivity contribution >= 4 is 23.1 Å². The Kier molecular flexibility index (Phi) is 4.78. The molecule has 1 aromatic rings. The highest BCUT2D eigenvalue weighted by Crippen LogP contribution is 2.22. The summed E-state index contributed by atoms with van der Waals surface area (Å²) in [4.78, 5) is 5.20. The van der Waals surface area contributed by atoms with Gasteiger partial charge < -0.3 is 11.1 Å². The predicted molar refractivity (Wildman–Crippen MR) is 54.3 cm³/mol. The molecule has 0 aromatic carbocycles. The van der Waals surface area contributed by atoms with E-state index in [0.717, 1.165) is 34.1 Å². The lowest BCUT2D eigenvalue weighted by Gasteiger charge is -1.97. The molecule has 70 valence electrons. The van der Waals surface area contributed by atoms with E-state index in [1.807, 2.05) is 5.40 Å². The number of thioether (sulfide) groups is 1. The van der Waals surface area contributed by atoms with Gasteiger partial charge in [0.2, 0.25) is 0 Å². The van der Waals surface area contributed by atoms with Crippen LogP contribution >= 0.6 is 23.1 Å². The Morgan fingerprint density at radius 3 is 3.31 bits per heavy atom. The van der Waals surface area contributed by atoms with Crippen LogP contribution in [-0.2, 0) is 6.54 Å². The molecule has 0 fully saturated rings. The highest BCUT2D eigenvalue weighted by Gasteiger charge is 2.00. The number of nitrogens with one attached hydrogen (secondary N) is 1. The van der Waals surface area contributed by atoms with Gasteiger partial charge in [0.15, 0.2) is 4.34 Å². The number of nitrogens with two attached hydrogens (primary N) is 1. The van der Waals surface area contributed by atoms with Crippen LogP contribution < -0.4 is 11.1 Å². The number of hydrogen-bond acceptors (Lipinski definition) is 6. The summed E-state index contributed by atoms with van der Waals surface area (Å²) < 4.78 is 0.798. The Morgan fingerprint density at radius 1 is 1.77 bits per heavy atom. The van der Waals surface area contributed by atoms with E-state index in [0.29, 0.717) is 6.54 Å². The van der Waals surface area contributed by atoms with E-state index in [1.165, 1.54) is 11.3 Å². The largest absolute Gasteiger partial charge is 0.329 e. The van der Waals surface area contributed by atoms with Crippen LogP contribution in [0, 0.1) is 10.7 Å². The maximum absolute atomic E-state index is 8.39. The van der Waals surface area contributed by atoms with E-state index in [4.69, 9.17) is 11.0 Å². The molecule has 0 amide bonds. The molecule has 0 spiro atoms. The fourth-order valence-electron chi connectivity index (χ4n) is 0.771. The van der Waals surface area contributed by atoms with Gasteiger partial charge in [-0.15, -0.1) is 11.3 Å². The maximum atomic E-state index is 8.39. The van der Waals surface area contributed by atoms with Crippen LogP contribution in [0.25, 0.3) is 0 Å². The number of rotatable bonds is 5. The number of hydrogen-bond donors (Lipinski definition) is 2. The SMILES string of the molecule is N#CSc1ncc(CNCCN)s1. The summed E-state index contributed by atoms with van der Waals surface area (Å²) in [6, 6.07) is 0. The van der Waals surface area contributed by atoms with Crippen LogP contribution in [0.15, 0.2) is 10.5 Å². The molecule has 0 bridgehead atoms. The molecule has 0 aliphatic rings. The van der Waals surface area contributed by atoms with Crippen molar-refractivity contribution in [3.8, 4) is 5.40 Å². The molecule has 13 heavy (non-hydrogen) atoms. The molecule has 4 nitrogen and oxygen atoms in total. The highest BCUT2D eigenvalue weighted by molar-refractivity contribution is 8.05. The minimum Gasteiger partial charge on any atom is -0.329 e. The van der Waals surface area contributed by atoms with Crippen molar-refractivity contribution in [3.63, 3.8) is 0 Å². The standard InChI is InChI=1S/C7H10N4S2/c8-1-2-10-3-6-4-11-7(13-6)12-5-9/h4,10H,1-3,8H2. The summed E-state index contributed by atoms with van der Waals surface area (Å²) in [5.74, 6) is 0. The van der Waals surface area contributed by atoms with E-state index >= 15 is 0 Å². The summed E-state index contributed by atoms with van der Waals surface area (Å²) in [7, 11) is 0. The molecule has 1 rings (SSSR count). The van der Waals surface area contributed by atoms with Crippen molar-refractivity contribution in [2.45, 2.75) is 10.9 Å². The summed E-state index contributed by atoms with van der Waals surface area (Å²) in [6.45, 7) is 2.22. The second-order valence-corrected chi connectivity index (χ2v) is 4.40. The third kappa shape index (κ3) is 3.74. The Morgan fingerprint density at radius 2 is 2.62 bits per heavy atom. The zero-order chi connectivity index (χ0) is 9.52. The first kappa shape index (κ1) is 10.5. The molecule has 0 unspecified atom stereocenters. The van der Waals surface area contributed by atoms with Gasteiger partial charge >= 0.3 is 0 Å². The van der Waals surface area contributed by atoms with Gasteiger partial charge in [-0.25, -0.2) is 4.98 Å². The summed E-state index contributed by atoms with van der Waals surface area (Å²) >= 11 is 2.63. The molecule has 0 aliphatic carbocycles. The number of thiazole rings is 1. The molecular formula is C7H10N4S2. The van der Waals surface area contributed by atoms with Crippen LogP contribution in [0.2, 0.25) is 0 Å². The van der Waals surface area contributed by atoms with Crippen molar-refractivity contribution < 1.29 is 0 Å². The van der Waals surface area contributed by atoms with Gasteiger partial charge in [-0.05, 0) is 0 Å². The fourth-order valence-corrected chi connectivity index (χ4v) is 2.16. The second kappa shape index (κ2) is 5.94. The van der Waals surface area contributed by atoms with Gasteiger partial charge in [-0.2, -0.15) is 5.26 Å². The van der Waals surface area contributed by atoms with Gasteiger partial charge in [0, 0.05) is 42.5 Å². The van der Waals surface area contributed by atoms with Gasteiger partial charge in [-0.3, -0.25) is 0 Å². The average molecular weight is 214 g/mol. The van der Waals surface area contributed by atoms with E-state index in [9.17, 15) is 0 Å². The third-order valence-corrected chi connectivity index (χ3v) is 2.95. The average Bonchev–Trinajstić information content (AvgIpc) is 2.54. The van der Waals surface area contributed by atoms with Gasteiger partial charge in [0.1, 0.15) is 5.40 Å². The Balaban J connectivity index is 2.36. The Bertz CT molecular complexity index is 291. The lowest BCUT2D eigenvalue weighted by Crippen LogP contribution is -2.21. The van der Waals surface area contributed by atoms with Crippen molar-refractivity contribution in [2.24, 2.45) is 5.73 Å². The van der Waals surface area contributed by atoms with Crippen LogP contribution in [0.3, 0.4) is 0 Å². The van der Waals surface area contributed by atoms with Crippen LogP contribution in [-0.4, -0.2) is 18.1 Å². The van der Waals surface area contributed by atoms with Crippen molar-refractivity contribution in [2.75, 3.05) is 13.1 Å². The lowest BCUT2D eigenvalue weighted by atomic mass is 10.5. The molecule has 0 saturated heterocycles. The predicted octanol–water partition coefficient (Wildman–Crippen LogP) is 0.765. The van der Waals surface area contributed by atoms with Crippen LogP contribution in [0.5, 0.6) is 0 Å². The molecular weight excluding hydrogens is 204 g/mol. The first-order chi connectivity index (χ1) is 6.36. The summed E-state index contributed by atoms with van der Waals surface area (Å²) in [5, 5.41) is 13.5. The molecule has 0 atom stereocenters. The number of nitrogens with zero attached hydrogens (tertiary/aromatic N) is 2. The molecule has 1 heterocycles. The fraction of sp³-hybridized carbons (Fsp3) is 0.429. The maximum Gasteiger partial charge on any atom is 0.164 e. The third-order valence-electron chi connectivity index (χ3n) is 1.29. The first-order valence-corrected chi connectivity index (χ1v) is 5.41. The number of nitriles is 1. The monoisotopic (exact) mass is 214 g/mol. The normalized spacial score (nSPS) is 9.85. The molecule has 0 radical (unpaired) electrons. The Hall–Kier alpha value is -0.610. The summed E-state index contributed by atoms with van der Waals surface area (Å²) in [5.41, 5.74) is 5.32. The first-order valence-electron chi connectivity index (χ1n) is 3.78. The lowest BCUT2D eigenvalue weighted by molar-refractivity contribution is 0.701. The van der Waals surface area contributed by atoms with Crippen LogP contribution in [0.4, 0.5) is 0 Å². The van der Waals surface area contributed by atoms with Gasteiger partial charge in [-0.1, -0.05) is 0 Å². The minimum atomic E-state index is 0.638. The van der Waals surface area contributed by atoms with E-state index < -0.39 is 0 Å².